The Kier molecular flexibility index (Phi) is 17.3. The molecule has 15 heteroatoms. The summed E-state index contributed by atoms with van der Waals surface area (Å²) in [7, 11) is 0. The Hall–Kier alpha value is -0.750. The van der Waals surface area contributed by atoms with Crippen LogP contribution in [0.4, 0.5) is 11.6 Å². The van der Waals surface area contributed by atoms with Crippen LogP contribution in [0.3, 0.4) is 0 Å². The highest BCUT2D eigenvalue weighted by Crippen LogP contribution is 2.33. The lowest BCUT2D eigenvalue weighted by Gasteiger charge is -2.49. The molecule has 2 N–H and O–H groups in total. The number of piperazine rings is 2. The predicted molar refractivity (Wildman–Crippen MR) is 200 cm³/mol. The Morgan fingerprint density at radius 3 is 1.31 bits per heavy atom. The van der Waals surface area contributed by atoms with Crippen LogP contribution in [0.15, 0.2) is 30.3 Å². The van der Waals surface area contributed by atoms with E-state index in [1.54, 1.807) is 0 Å². The number of quaternary nitrogens is 4. The second kappa shape index (κ2) is 20.3. The van der Waals surface area contributed by atoms with Crippen LogP contribution in [-0.2, 0) is 0 Å². The molecule has 4 spiro atoms. The van der Waals surface area contributed by atoms with Gasteiger partial charge >= 0.3 is 0 Å². The molecule has 0 radical (unpaired) electrons. The van der Waals surface area contributed by atoms with E-state index in [0.29, 0.717) is 5.56 Å². The van der Waals surface area contributed by atoms with Gasteiger partial charge in [-0.3, -0.25) is 4.79 Å². The van der Waals surface area contributed by atoms with Gasteiger partial charge in [0.05, 0.1) is 71.0 Å². The van der Waals surface area contributed by atoms with Crippen LogP contribution >= 0.6 is 0 Å². The number of carbonyl (C=O) groups is 1. The minimum absolute atomic E-state index is 0. The first-order valence-electron chi connectivity index (χ1n) is 20.3. The molecule has 7 heterocycles. The lowest BCUT2D eigenvalue weighted by Crippen LogP contribution is -3.00. The summed E-state index contributed by atoms with van der Waals surface area (Å²) in [5.74, 6) is 2.46. The van der Waals surface area contributed by atoms with Gasteiger partial charge in [-0.1, -0.05) is 30.3 Å². The summed E-state index contributed by atoms with van der Waals surface area (Å²) in [4.78, 5) is 28.6. The second-order valence-electron chi connectivity index (χ2n) is 16.9. The molecule has 6 aliphatic heterocycles. The fraction of sp³-hybridized carbons (Fsp3) is 0.718. The summed E-state index contributed by atoms with van der Waals surface area (Å²) in [6, 6.07) is 10.4. The smallest absolute Gasteiger partial charge is 0.163 e. The molecule has 1 aromatic carbocycles. The predicted octanol–water partition coefficient (Wildman–Crippen LogP) is -10.3. The van der Waals surface area contributed by atoms with Crippen LogP contribution in [-0.4, -0.2) is 191 Å². The van der Waals surface area contributed by atoms with Gasteiger partial charge in [-0.05, 0) is 0 Å². The maximum Gasteiger partial charge on any atom is 0.163 e. The summed E-state index contributed by atoms with van der Waals surface area (Å²) in [6.45, 7) is 28.8. The Balaban J connectivity index is 0.00000162. The molecule has 2 aromatic rings. The van der Waals surface area contributed by atoms with Gasteiger partial charge < -0.3 is 106 Å². The zero-order valence-corrected chi connectivity index (χ0v) is 38.6. The summed E-state index contributed by atoms with van der Waals surface area (Å²) in [6.07, 6.45) is 5.96. The number of nitrogens with one attached hydrogen (secondary N) is 2. The van der Waals surface area contributed by atoms with Crippen molar-refractivity contribution in [3.05, 3.63) is 35.9 Å². The molecular formula is C39H64Br4N10O. The van der Waals surface area contributed by atoms with Crippen molar-refractivity contribution in [1.82, 2.24) is 20.6 Å². The molecule has 54 heavy (non-hydrogen) atoms. The number of halogens is 4. The van der Waals surface area contributed by atoms with E-state index in [1.807, 2.05) is 0 Å². The number of hydrogen-bond acceptors (Lipinski definition) is 7. The normalized spacial score (nSPS) is 31.8. The summed E-state index contributed by atoms with van der Waals surface area (Å²) < 4.78 is 5.09. The van der Waals surface area contributed by atoms with Crippen molar-refractivity contribution in [2.75, 3.05) is 167 Å². The van der Waals surface area contributed by atoms with Crippen LogP contribution in [0.25, 0.3) is 11.4 Å². The van der Waals surface area contributed by atoms with E-state index in [-0.39, 0.29) is 67.9 Å². The van der Waals surface area contributed by atoms with Crippen molar-refractivity contribution in [2.45, 2.75) is 25.7 Å². The molecule has 8 rings (SSSR count). The highest BCUT2D eigenvalue weighted by Gasteiger charge is 2.45. The van der Waals surface area contributed by atoms with Crippen LogP contribution in [0.5, 0.6) is 0 Å². The Morgan fingerprint density at radius 1 is 0.481 bits per heavy atom. The van der Waals surface area contributed by atoms with E-state index >= 15 is 0 Å². The fourth-order valence-corrected chi connectivity index (χ4v) is 10.6. The van der Waals surface area contributed by atoms with Crippen LogP contribution in [0.2, 0.25) is 0 Å². The first-order chi connectivity index (χ1) is 24.5. The van der Waals surface area contributed by atoms with Gasteiger partial charge in [0.2, 0.25) is 0 Å². The number of aromatic nitrogens is 2. The van der Waals surface area contributed by atoms with E-state index in [4.69, 9.17) is 9.97 Å². The Bertz CT molecular complexity index is 1370. The van der Waals surface area contributed by atoms with E-state index in [1.165, 1.54) is 135 Å². The first-order valence-corrected chi connectivity index (χ1v) is 20.3. The van der Waals surface area contributed by atoms with Gasteiger partial charge in [0.15, 0.2) is 12.1 Å². The minimum atomic E-state index is 0. The molecule has 304 valence electrons. The first kappa shape index (κ1) is 45.9. The Labute approximate surface area is 366 Å². The molecule has 0 atom stereocenters. The molecule has 0 bridgehead atoms. The maximum atomic E-state index is 13.2. The third-order valence-corrected chi connectivity index (χ3v) is 14.2. The molecule has 6 fully saturated rings. The number of aldehydes is 1. The van der Waals surface area contributed by atoms with Gasteiger partial charge in [-0.15, -0.1) is 0 Å². The molecule has 1 aromatic heterocycles. The lowest BCUT2D eigenvalue weighted by molar-refractivity contribution is -1.03. The zero-order chi connectivity index (χ0) is 33.9. The van der Waals surface area contributed by atoms with Crippen molar-refractivity contribution in [1.29, 1.82) is 0 Å². The van der Waals surface area contributed by atoms with Crippen molar-refractivity contribution in [3.8, 4) is 11.4 Å². The van der Waals surface area contributed by atoms with Gasteiger partial charge in [0.1, 0.15) is 64.0 Å². The molecule has 0 unspecified atom stereocenters. The monoisotopic (exact) mass is 1000 g/mol. The van der Waals surface area contributed by atoms with Crippen molar-refractivity contribution < 1.29 is 90.7 Å². The number of rotatable bonds is 4. The van der Waals surface area contributed by atoms with Crippen LogP contribution in [0, 0.1) is 0 Å². The van der Waals surface area contributed by atoms with Crippen molar-refractivity contribution in [3.63, 3.8) is 0 Å². The minimum Gasteiger partial charge on any atom is -1.00 e. The topological polar surface area (TPSA) is 73.4 Å². The van der Waals surface area contributed by atoms with Crippen LogP contribution in [0.1, 0.15) is 36.0 Å². The number of nitrogens with zero attached hydrogens (tertiary/aromatic N) is 8. The number of carbonyl (C=O) groups excluding carboxylic acids is 1. The summed E-state index contributed by atoms with van der Waals surface area (Å²) in [5, 5.41) is 7.27. The number of hydrogen-bond donors (Lipinski definition) is 2. The number of benzene rings is 1. The van der Waals surface area contributed by atoms with E-state index in [9.17, 15) is 4.79 Å². The molecule has 0 amide bonds. The number of anilines is 2. The van der Waals surface area contributed by atoms with E-state index in [2.05, 4.69) is 50.8 Å². The second-order valence-corrected chi connectivity index (χ2v) is 16.9. The third-order valence-electron chi connectivity index (χ3n) is 14.2. The highest BCUT2D eigenvalue weighted by molar-refractivity contribution is 5.91. The average molecular weight is 1010 g/mol. The molecule has 6 saturated heterocycles. The summed E-state index contributed by atoms with van der Waals surface area (Å²) >= 11 is 0. The largest absolute Gasteiger partial charge is 1.00 e. The zero-order valence-electron chi connectivity index (χ0n) is 32.3. The van der Waals surface area contributed by atoms with Gasteiger partial charge in [-0.25, -0.2) is 9.97 Å². The van der Waals surface area contributed by atoms with Gasteiger partial charge in [0, 0.05) is 70.5 Å². The molecule has 6 aliphatic rings. The molecule has 11 nitrogen and oxygen atoms in total. The third kappa shape index (κ3) is 10.1. The van der Waals surface area contributed by atoms with E-state index < -0.39 is 0 Å². The molecular weight excluding hydrogens is 944 g/mol. The van der Waals surface area contributed by atoms with Crippen LogP contribution < -0.4 is 88.4 Å². The summed E-state index contributed by atoms with van der Waals surface area (Å²) in [5.41, 5.74) is 1.73. The SMILES string of the molecule is O=Cc1c(N2CCC[N+]3(CC2)CC[N+]2(CCCNCC2)CC3)nc(-c2ccccc2)nc1N1CCC[N+]2(CC1)CC[N+]1(CCCNCC1)CC2.[Br-].[Br-].[Br-].[Br-]. The quantitative estimate of drug-likeness (QED) is 0.233. The fourth-order valence-electron chi connectivity index (χ4n) is 10.6. The van der Waals surface area contributed by atoms with Crippen molar-refractivity contribution in [2.24, 2.45) is 0 Å². The highest BCUT2D eigenvalue weighted by atomic mass is 79.9. The molecule has 0 saturated carbocycles. The maximum absolute atomic E-state index is 13.2. The lowest BCUT2D eigenvalue weighted by atomic mass is 10.1. The Morgan fingerprint density at radius 2 is 0.889 bits per heavy atom. The van der Waals surface area contributed by atoms with Gasteiger partial charge in [0.25, 0.3) is 0 Å². The standard InChI is InChI=1S/C39H64N10O.4BrH/c50-34-36-38(44-14-6-20-48(24-16-44)30-26-46(27-31-48)18-4-10-40-12-22-46)42-37(35-8-2-1-3-9-35)43-39(36)45-15-7-21-49(25-17-45)32-28-47(29-33-49)19-5-11-41-13-23-47;;;;/h1-3,8-9,34,40-41H,4-7,10-33H2;4*1H/q+4;;;;/p-4. The molecule has 0 aliphatic carbocycles. The van der Waals surface area contributed by atoms with Crippen molar-refractivity contribution >= 4 is 17.9 Å². The van der Waals surface area contributed by atoms with Gasteiger partial charge in [-0.2, -0.15) is 0 Å². The average Bonchev–Trinajstić information content (AvgIpc) is 3.70. The van der Waals surface area contributed by atoms with E-state index in [0.717, 1.165) is 94.5 Å².